The first kappa shape index (κ1) is 18.7. The maximum absolute atomic E-state index is 13.5. The normalized spacial score (nSPS) is 10.2. The second-order valence-electron chi connectivity index (χ2n) is 5.18. The first-order valence-corrected chi connectivity index (χ1v) is 7.89. The van der Waals surface area contributed by atoms with Gasteiger partial charge in [0, 0.05) is 11.4 Å². The van der Waals surface area contributed by atoms with E-state index in [-0.39, 0.29) is 17.1 Å². The number of esters is 1. The molecule has 0 unspecified atom stereocenters. The number of rotatable bonds is 7. The molecule has 0 saturated carbocycles. The van der Waals surface area contributed by atoms with Crippen molar-refractivity contribution in [2.24, 2.45) is 0 Å². The van der Waals surface area contributed by atoms with Crippen LogP contribution in [0.3, 0.4) is 0 Å². The van der Waals surface area contributed by atoms with Crippen molar-refractivity contribution in [2.75, 3.05) is 19.0 Å². The first-order chi connectivity index (χ1) is 12.0. The van der Waals surface area contributed by atoms with Gasteiger partial charge in [0.15, 0.2) is 6.61 Å². The fourth-order valence-electron chi connectivity index (χ4n) is 2.04. The van der Waals surface area contributed by atoms with Crippen molar-refractivity contribution in [3.05, 3.63) is 58.9 Å². The minimum absolute atomic E-state index is 0.0632. The van der Waals surface area contributed by atoms with Crippen LogP contribution in [0.5, 0.6) is 5.75 Å². The fraction of sp³-hybridized carbons (Fsp3) is 0.222. The van der Waals surface area contributed by atoms with Gasteiger partial charge < -0.3 is 14.8 Å². The lowest BCUT2D eigenvalue weighted by Crippen LogP contribution is -2.21. The molecule has 0 aliphatic rings. The lowest BCUT2D eigenvalue weighted by molar-refractivity contribution is -0.147. The fourth-order valence-corrected chi connectivity index (χ4v) is 2.21. The van der Waals surface area contributed by atoms with E-state index in [0.29, 0.717) is 6.42 Å². The topological polar surface area (TPSA) is 64.6 Å². The number of halogens is 2. The van der Waals surface area contributed by atoms with Gasteiger partial charge in [-0.2, -0.15) is 0 Å². The molecule has 0 saturated heterocycles. The molecule has 0 aliphatic carbocycles. The number of nitrogens with one attached hydrogen (secondary N) is 1. The van der Waals surface area contributed by atoms with Crippen LogP contribution in [0.15, 0.2) is 42.5 Å². The SMILES string of the molecule is COc1ccc(CCC(=O)OCC(=O)Nc2cc(Cl)ccc2F)cc1. The van der Waals surface area contributed by atoms with Crippen LogP contribution in [0.1, 0.15) is 12.0 Å². The molecule has 0 bridgehead atoms. The second-order valence-corrected chi connectivity index (χ2v) is 5.62. The Morgan fingerprint density at radius 1 is 1.16 bits per heavy atom. The number of hydrogen-bond acceptors (Lipinski definition) is 4. The number of carbonyl (C=O) groups is 2. The van der Waals surface area contributed by atoms with Crippen LogP contribution in [-0.2, 0) is 20.7 Å². The molecule has 0 radical (unpaired) electrons. The van der Waals surface area contributed by atoms with Crippen LogP contribution in [0.2, 0.25) is 5.02 Å². The third-order valence-corrected chi connectivity index (χ3v) is 3.58. The van der Waals surface area contributed by atoms with Gasteiger partial charge in [0.25, 0.3) is 5.91 Å². The standard InChI is InChI=1S/C18H17ClFNO4/c1-24-14-6-2-12(3-7-14)4-9-18(23)25-11-17(22)21-16-10-13(19)5-8-15(16)20/h2-3,5-8,10H,4,9,11H2,1H3,(H,21,22). The Morgan fingerprint density at radius 3 is 2.56 bits per heavy atom. The highest BCUT2D eigenvalue weighted by Gasteiger charge is 2.11. The number of aryl methyl sites for hydroxylation is 1. The molecule has 7 heteroatoms. The maximum Gasteiger partial charge on any atom is 0.306 e. The number of ether oxygens (including phenoxy) is 2. The minimum atomic E-state index is -0.640. The Labute approximate surface area is 149 Å². The average molecular weight is 366 g/mol. The van der Waals surface area contributed by atoms with Gasteiger partial charge in [0.2, 0.25) is 0 Å². The van der Waals surface area contributed by atoms with Crippen molar-refractivity contribution in [1.82, 2.24) is 0 Å². The number of benzene rings is 2. The quantitative estimate of drug-likeness (QED) is 0.761. The predicted octanol–water partition coefficient (Wildman–Crippen LogP) is 3.60. The van der Waals surface area contributed by atoms with Crippen LogP contribution in [0.25, 0.3) is 0 Å². The Balaban J connectivity index is 1.75. The molecule has 2 aromatic rings. The Kier molecular flexibility index (Phi) is 6.77. The zero-order valence-corrected chi connectivity index (χ0v) is 14.3. The summed E-state index contributed by atoms with van der Waals surface area (Å²) in [5.41, 5.74) is 0.884. The average Bonchev–Trinajstić information content (AvgIpc) is 2.61. The van der Waals surface area contributed by atoms with Gasteiger partial charge in [-0.25, -0.2) is 4.39 Å². The molecule has 0 heterocycles. The summed E-state index contributed by atoms with van der Waals surface area (Å²) in [6, 6.07) is 11.1. The maximum atomic E-state index is 13.5. The van der Waals surface area contributed by atoms with Gasteiger partial charge in [0.1, 0.15) is 11.6 Å². The first-order valence-electron chi connectivity index (χ1n) is 7.51. The molecule has 0 fully saturated rings. The molecule has 1 N–H and O–H groups in total. The molecule has 0 atom stereocenters. The smallest absolute Gasteiger partial charge is 0.306 e. The van der Waals surface area contributed by atoms with E-state index in [9.17, 15) is 14.0 Å². The predicted molar refractivity (Wildman–Crippen MR) is 92.3 cm³/mol. The third kappa shape index (κ3) is 6.08. The van der Waals surface area contributed by atoms with Crippen molar-refractivity contribution >= 4 is 29.2 Å². The molecular weight excluding hydrogens is 349 g/mol. The van der Waals surface area contributed by atoms with Gasteiger partial charge in [-0.3, -0.25) is 9.59 Å². The molecule has 25 heavy (non-hydrogen) atoms. The van der Waals surface area contributed by atoms with Crippen molar-refractivity contribution < 1.29 is 23.5 Å². The number of methoxy groups -OCH3 is 1. The van der Waals surface area contributed by atoms with Gasteiger partial charge >= 0.3 is 5.97 Å². The zero-order chi connectivity index (χ0) is 18.2. The highest BCUT2D eigenvalue weighted by atomic mass is 35.5. The van der Waals surface area contributed by atoms with E-state index < -0.39 is 24.3 Å². The summed E-state index contributed by atoms with van der Waals surface area (Å²) < 4.78 is 23.4. The molecule has 0 aliphatic heterocycles. The molecule has 2 rings (SSSR count). The van der Waals surface area contributed by atoms with E-state index in [1.807, 2.05) is 12.1 Å². The largest absolute Gasteiger partial charge is 0.497 e. The molecule has 132 valence electrons. The third-order valence-electron chi connectivity index (χ3n) is 3.34. The number of anilines is 1. The lowest BCUT2D eigenvalue weighted by Gasteiger charge is -2.08. The summed E-state index contributed by atoms with van der Waals surface area (Å²) in [6.45, 7) is -0.493. The van der Waals surface area contributed by atoms with Crippen LogP contribution in [-0.4, -0.2) is 25.6 Å². The molecule has 2 aromatic carbocycles. The minimum Gasteiger partial charge on any atom is -0.497 e. The van der Waals surface area contributed by atoms with Crippen LogP contribution in [0, 0.1) is 5.82 Å². The van der Waals surface area contributed by atoms with Gasteiger partial charge in [-0.15, -0.1) is 0 Å². The van der Waals surface area contributed by atoms with Crippen LogP contribution in [0.4, 0.5) is 10.1 Å². The van der Waals surface area contributed by atoms with Gasteiger partial charge in [0.05, 0.1) is 12.8 Å². The van der Waals surface area contributed by atoms with Crippen molar-refractivity contribution in [3.63, 3.8) is 0 Å². The summed E-state index contributed by atoms with van der Waals surface area (Å²) in [5.74, 6) is -1.05. The highest BCUT2D eigenvalue weighted by molar-refractivity contribution is 6.30. The zero-order valence-electron chi connectivity index (χ0n) is 13.6. The molecule has 0 spiro atoms. The van der Waals surface area contributed by atoms with Crippen molar-refractivity contribution in [1.29, 1.82) is 0 Å². The van der Waals surface area contributed by atoms with E-state index in [0.717, 1.165) is 17.4 Å². The number of hydrogen-bond donors (Lipinski definition) is 1. The molecule has 0 aromatic heterocycles. The Bertz CT molecular complexity index is 749. The van der Waals surface area contributed by atoms with E-state index in [4.69, 9.17) is 21.1 Å². The number of carbonyl (C=O) groups excluding carboxylic acids is 2. The molecular formula is C18H17ClFNO4. The van der Waals surface area contributed by atoms with E-state index in [1.165, 1.54) is 12.1 Å². The second kappa shape index (κ2) is 9.03. The van der Waals surface area contributed by atoms with Crippen LogP contribution >= 0.6 is 11.6 Å². The highest BCUT2D eigenvalue weighted by Crippen LogP contribution is 2.19. The monoisotopic (exact) mass is 365 g/mol. The van der Waals surface area contributed by atoms with Crippen molar-refractivity contribution in [3.8, 4) is 5.75 Å². The van der Waals surface area contributed by atoms with Gasteiger partial charge in [-0.1, -0.05) is 23.7 Å². The van der Waals surface area contributed by atoms with Gasteiger partial charge in [-0.05, 0) is 42.3 Å². The molecule has 5 nitrogen and oxygen atoms in total. The van der Waals surface area contributed by atoms with Crippen LogP contribution < -0.4 is 10.1 Å². The number of amides is 1. The Hall–Kier alpha value is -2.60. The summed E-state index contributed by atoms with van der Waals surface area (Å²) in [6.07, 6.45) is 0.610. The Morgan fingerprint density at radius 2 is 1.88 bits per heavy atom. The summed E-state index contributed by atoms with van der Waals surface area (Å²) in [7, 11) is 1.58. The summed E-state index contributed by atoms with van der Waals surface area (Å²) in [4.78, 5) is 23.4. The summed E-state index contributed by atoms with van der Waals surface area (Å²) in [5, 5.41) is 2.59. The summed E-state index contributed by atoms with van der Waals surface area (Å²) >= 11 is 5.74. The van der Waals surface area contributed by atoms with E-state index in [1.54, 1.807) is 19.2 Å². The van der Waals surface area contributed by atoms with E-state index in [2.05, 4.69) is 5.32 Å². The lowest BCUT2D eigenvalue weighted by atomic mass is 10.1. The molecule has 1 amide bonds. The van der Waals surface area contributed by atoms with E-state index >= 15 is 0 Å². The van der Waals surface area contributed by atoms with Crippen molar-refractivity contribution in [2.45, 2.75) is 12.8 Å².